The van der Waals surface area contributed by atoms with Gasteiger partial charge in [-0.1, -0.05) is 211 Å². The lowest BCUT2D eigenvalue weighted by Crippen LogP contribution is -2.46. The van der Waals surface area contributed by atoms with Gasteiger partial charge in [0, 0.05) is 6.42 Å². The molecule has 0 aromatic carbocycles. The van der Waals surface area contributed by atoms with E-state index < -0.39 is 18.2 Å². The summed E-state index contributed by atoms with van der Waals surface area (Å²) in [4.78, 5) is 26.0. The second-order valence-corrected chi connectivity index (χ2v) is 16.9. The number of amides is 1. The van der Waals surface area contributed by atoms with E-state index in [0.717, 1.165) is 77.0 Å². The van der Waals surface area contributed by atoms with Gasteiger partial charge in [0.25, 0.3) is 0 Å². The van der Waals surface area contributed by atoms with Gasteiger partial charge in [-0.25, -0.2) is 0 Å². The highest BCUT2D eigenvalue weighted by molar-refractivity contribution is 5.77. The molecule has 3 unspecified atom stereocenters. The first-order valence-electron chi connectivity index (χ1n) is 24.7. The van der Waals surface area contributed by atoms with Crippen molar-refractivity contribution >= 4 is 11.9 Å². The highest BCUT2D eigenvalue weighted by Crippen LogP contribution is 2.18. The zero-order valence-corrected chi connectivity index (χ0v) is 38.0. The summed E-state index contributed by atoms with van der Waals surface area (Å²) in [7, 11) is 0. The summed E-state index contributed by atoms with van der Waals surface area (Å²) in [5.41, 5.74) is 0. The fourth-order valence-electron chi connectivity index (χ4n) is 7.44. The molecule has 1 amide bonds. The van der Waals surface area contributed by atoms with Crippen LogP contribution < -0.4 is 5.32 Å². The minimum atomic E-state index is -0.787. The molecule has 0 aliphatic carbocycles. The van der Waals surface area contributed by atoms with Crippen molar-refractivity contribution in [2.45, 2.75) is 270 Å². The molecule has 0 aromatic heterocycles. The number of allylic oxidation sites excluding steroid dienone is 6. The Balaban J connectivity index is 4.58. The number of nitrogens with one attached hydrogen (secondary N) is 1. The van der Waals surface area contributed by atoms with Crippen LogP contribution in [0.2, 0.25) is 0 Å². The topological polar surface area (TPSA) is 95.9 Å². The molecule has 0 bridgehead atoms. The van der Waals surface area contributed by atoms with E-state index in [4.69, 9.17) is 4.74 Å². The van der Waals surface area contributed by atoms with Crippen molar-refractivity contribution in [3.63, 3.8) is 0 Å². The number of rotatable bonds is 44. The van der Waals surface area contributed by atoms with Crippen LogP contribution in [0.3, 0.4) is 0 Å². The van der Waals surface area contributed by atoms with Crippen molar-refractivity contribution in [3.8, 4) is 0 Å². The fraction of sp³-hybridized carbons (Fsp3) is 0.843. The van der Waals surface area contributed by atoms with Gasteiger partial charge in [-0.2, -0.15) is 0 Å². The summed E-state index contributed by atoms with van der Waals surface area (Å²) in [5, 5.41) is 23.6. The third-order valence-electron chi connectivity index (χ3n) is 11.2. The van der Waals surface area contributed by atoms with Crippen molar-refractivity contribution < 1.29 is 24.5 Å². The SMILES string of the molecule is CCCCC/C=C\C/C=C\C/C=C\CCCCCCC(=O)OC(CCCCCCCCCCCCCC)CC(=O)NC(CO)C(O)CCCCCCCCCCC. The van der Waals surface area contributed by atoms with E-state index in [9.17, 15) is 19.8 Å². The number of ether oxygens (including phenoxy) is 1. The molecule has 0 aliphatic rings. The van der Waals surface area contributed by atoms with Gasteiger partial charge in [0.15, 0.2) is 0 Å². The molecule has 0 saturated carbocycles. The van der Waals surface area contributed by atoms with Crippen LogP contribution >= 0.6 is 0 Å². The van der Waals surface area contributed by atoms with Crippen LogP contribution in [0.1, 0.15) is 252 Å². The lowest BCUT2D eigenvalue weighted by Gasteiger charge is -2.24. The molecule has 334 valence electrons. The zero-order valence-electron chi connectivity index (χ0n) is 38.0. The Morgan fingerprint density at radius 2 is 0.895 bits per heavy atom. The first-order valence-corrected chi connectivity index (χ1v) is 24.7. The maximum atomic E-state index is 13.1. The molecule has 3 atom stereocenters. The molecule has 57 heavy (non-hydrogen) atoms. The van der Waals surface area contributed by atoms with Crippen LogP contribution in [0.5, 0.6) is 0 Å². The average Bonchev–Trinajstić information content (AvgIpc) is 3.20. The first kappa shape index (κ1) is 55.1. The second kappa shape index (κ2) is 45.2. The third-order valence-corrected chi connectivity index (χ3v) is 11.2. The number of aliphatic hydroxyl groups excluding tert-OH is 2. The lowest BCUT2D eigenvalue weighted by atomic mass is 10.0. The minimum Gasteiger partial charge on any atom is -0.462 e. The Labute approximate surface area is 353 Å². The normalized spacial score (nSPS) is 13.6. The number of esters is 1. The van der Waals surface area contributed by atoms with Gasteiger partial charge >= 0.3 is 5.97 Å². The quantitative estimate of drug-likeness (QED) is 0.0324. The molecule has 0 aliphatic heterocycles. The predicted octanol–water partition coefficient (Wildman–Crippen LogP) is 14.5. The van der Waals surface area contributed by atoms with Gasteiger partial charge in [-0.15, -0.1) is 0 Å². The van der Waals surface area contributed by atoms with E-state index in [1.807, 2.05) is 0 Å². The average molecular weight is 802 g/mol. The standard InChI is InChI=1S/C51H95NO5/c1-4-7-10-13-16-19-21-23-24-25-26-27-29-32-35-38-41-44-51(56)57-47(42-39-36-33-31-28-22-20-17-14-11-8-5-2)45-50(55)52-48(46-53)49(54)43-40-37-34-30-18-15-12-9-6-3/h16,19,23-24,26-27,47-49,53-54H,4-15,17-18,20-22,25,28-46H2,1-3H3,(H,52,55)/b19-16-,24-23-,27-26-. The Morgan fingerprint density at radius 1 is 0.509 bits per heavy atom. The molecule has 6 nitrogen and oxygen atoms in total. The monoisotopic (exact) mass is 802 g/mol. The van der Waals surface area contributed by atoms with Crippen molar-refractivity contribution in [1.29, 1.82) is 0 Å². The summed E-state index contributed by atoms with van der Waals surface area (Å²) in [6.45, 7) is 6.43. The van der Waals surface area contributed by atoms with E-state index in [1.165, 1.54) is 128 Å². The van der Waals surface area contributed by atoms with E-state index in [-0.39, 0.29) is 24.9 Å². The molecular weight excluding hydrogens is 707 g/mol. The van der Waals surface area contributed by atoms with Crippen LogP contribution in [-0.4, -0.2) is 46.9 Å². The van der Waals surface area contributed by atoms with E-state index >= 15 is 0 Å². The molecule has 0 spiro atoms. The number of unbranched alkanes of at least 4 members (excludes halogenated alkanes) is 26. The van der Waals surface area contributed by atoms with E-state index in [1.54, 1.807) is 0 Å². The Hall–Kier alpha value is -1.92. The van der Waals surface area contributed by atoms with Crippen LogP contribution in [0.4, 0.5) is 0 Å². The van der Waals surface area contributed by atoms with Gasteiger partial charge < -0.3 is 20.3 Å². The first-order chi connectivity index (χ1) is 28.0. The molecule has 0 radical (unpaired) electrons. The summed E-state index contributed by atoms with van der Waals surface area (Å²) in [6.07, 6.45) is 52.0. The predicted molar refractivity (Wildman–Crippen MR) is 246 cm³/mol. The molecule has 0 saturated heterocycles. The van der Waals surface area contributed by atoms with E-state index in [2.05, 4.69) is 62.5 Å². The van der Waals surface area contributed by atoms with Crippen LogP contribution in [0.15, 0.2) is 36.5 Å². The number of hydrogen-bond donors (Lipinski definition) is 3. The molecule has 3 N–H and O–H groups in total. The van der Waals surface area contributed by atoms with Gasteiger partial charge in [-0.05, 0) is 64.2 Å². The molecule has 0 fully saturated rings. The van der Waals surface area contributed by atoms with Crippen LogP contribution in [0.25, 0.3) is 0 Å². The van der Waals surface area contributed by atoms with Crippen molar-refractivity contribution in [1.82, 2.24) is 5.32 Å². The lowest BCUT2D eigenvalue weighted by molar-refractivity contribution is -0.151. The van der Waals surface area contributed by atoms with Gasteiger partial charge in [-0.3, -0.25) is 9.59 Å². The summed E-state index contributed by atoms with van der Waals surface area (Å²) in [6, 6.07) is -0.701. The van der Waals surface area contributed by atoms with Gasteiger partial charge in [0.05, 0.1) is 25.2 Å². The Bertz CT molecular complexity index is 946. The Kier molecular flexibility index (Phi) is 43.6. The molecule has 6 heteroatoms. The summed E-state index contributed by atoms with van der Waals surface area (Å²) < 4.78 is 5.91. The smallest absolute Gasteiger partial charge is 0.306 e. The zero-order chi connectivity index (χ0) is 41.7. The maximum absolute atomic E-state index is 13.1. The molecule has 0 heterocycles. The number of carbonyl (C=O) groups is 2. The molecule has 0 rings (SSSR count). The molecule has 0 aromatic rings. The summed E-state index contributed by atoms with van der Waals surface area (Å²) >= 11 is 0. The number of carbonyl (C=O) groups excluding carboxylic acids is 2. The highest BCUT2D eigenvalue weighted by atomic mass is 16.5. The largest absolute Gasteiger partial charge is 0.462 e. The minimum absolute atomic E-state index is 0.0717. The fourth-order valence-corrected chi connectivity index (χ4v) is 7.44. The van der Waals surface area contributed by atoms with E-state index in [0.29, 0.717) is 19.3 Å². The number of hydrogen-bond acceptors (Lipinski definition) is 5. The molecular formula is C51H95NO5. The van der Waals surface area contributed by atoms with Crippen molar-refractivity contribution in [3.05, 3.63) is 36.5 Å². The van der Waals surface area contributed by atoms with Crippen molar-refractivity contribution in [2.75, 3.05) is 6.61 Å². The maximum Gasteiger partial charge on any atom is 0.306 e. The third kappa shape index (κ3) is 40.6. The second-order valence-electron chi connectivity index (χ2n) is 16.9. The van der Waals surface area contributed by atoms with Crippen LogP contribution in [0, 0.1) is 0 Å². The summed E-state index contributed by atoms with van der Waals surface area (Å²) in [5.74, 6) is -0.492. The van der Waals surface area contributed by atoms with Gasteiger partial charge in [0.1, 0.15) is 6.10 Å². The highest BCUT2D eigenvalue weighted by Gasteiger charge is 2.24. The van der Waals surface area contributed by atoms with Gasteiger partial charge in [0.2, 0.25) is 5.91 Å². The Morgan fingerprint density at radius 3 is 1.39 bits per heavy atom. The van der Waals surface area contributed by atoms with Crippen molar-refractivity contribution in [2.24, 2.45) is 0 Å². The number of aliphatic hydroxyl groups is 2. The van der Waals surface area contributed by atoms with Crippen LogP contribution in [-0.2, 0) is 14.3 Å².